The average Bonchev–Trinajstić information content (AvgIpc) is 2.96. The molecule has 1 aliphatic heterocycles. The molecule has 3 heterocycles. The van der Waals surface area contributed by atoms with E-state index in [4.69, 9.17) is 11.6 Å². The fourth-order valence-corrected chi connectivity index (χ4v) is 2.49. The Balaban J connectivity index is 2.10. The van der Waals surface area contributed by atoms with E-state index in [0.29, 0.717) is 11.5 Å². The SMILES string of the molecule is O=c1[nH]c(-c2ccncc2)nc(C2CCCN2)c1Cl. The monoisotopic (exact) mass is 276 g/mol. The Kier molecular flexibility index (Phi) is 3.31. The lowest BCUT2D eigenvalue weighted by molar-refractivity contribution is 0.625. The molecule has 0 bridgehead atoms. The van der Waals surface area contributed by atoms with Crippen LogP contribution in [0.1, 0.15) is 24.6 Å². The largest absolute Gasteiger partial charge is 0.309 e. The first-order chi connectivity index (χ1) is 9.25. The van der Waals surface area contributed by atoms with Gasteiger partial charge in [0.25, 0.3) is 5.56 Å². The summed E-state index contributed by atoms with van der Waals surface area (Å²) in [5, 5.41) is 3.49. The molecule has 2 aromatic heterocycles. The molecule has 0 amide bonds. The fourth-order valence-electron chi connectivity index (χ4n) is 2.27. The van der Waals surface area contributed by atoms with Gasteiger partial charge in [0.2, 0.25) is 0 Å². The van der Waals surface area contributed by atoms with Crippen LogP contribution in [0.2, 0.25) is 5.02 Å². The summed E-state index contributed by atoms with van der Waals surface area (Å²) in [6, 6.07) is 3.67. The van der Waals surface area contributed by atoms with Crippen LogP contribution in [0.3, 0.4) is 0 Å². The van der Waals surface area contributed by atoms with Crippen LogP contribution in [0.5, 0.6) is 0 Å². The molecule has 5 nitrogen and oxygen atoms in total. The first kappa shape index (κ1) is 12.3. The minimum Gasteiger partial charge on any atom is -0.309 e. The van der Waals surface area contributed by atoms with E-state index in [-0.39, 0.29) is 16.6 Å². The second-order valence-corrected chi connectivity index (χ2v) is 4.88. The molecule has 1 unspecified atom stereocenters. The normalized spacial score (nSPS) is 18.7. The van der Waals surface area contributed by atoms with E-state index >= 15 is 0 Å². The zero-order chi connectivity index (χ0) is 13.2. The van der Waals surface area contributed by atoms with Gasteiger partial charge in [-0.2, -0.15) is 0 Å². The van der Waals surface area contributed by atoms with Crippen LogP contribution in [-0.2, 0) is 0 Å². The Hall–Kier alpha value is -1.72. The Morgan fingerprint density at radius 1 is 1.32 bits per heavy atom. The number of pyridine rings is 1. The summed E-state index contributed by atoms with van der Waals surface area (Å²) in [6.45, 7) is 0.931. The van der Waals surface area contributed by atoms with Crippen molar-refractivity contribution in [1.29, 1.82) is 0 Å². The van der Waals surface area contributed by atoms with Gasteiger partial charge >= 0.3 is 0 Å². The van der Waals surface area contributed by atoms with Crippen molar-refractivity contribution in [3.63, 3.8) is 0 Å². The molecule has 1 fully saturated rings. The number of hydrogen-bond acceptors (Lipinski definition) is 4. The summed E-state index contributed by atoms with van der Waals surface area (Å²) < 4.78 is 0. The molecule has 3 rings (SSSR count). The number of aromatic amines is 1. The minimum atomic E-state index is -0.299. The lowest BCUT2D eigenvalue weighted by Crippen LogP contribution is -2.20. The Morgan fingerprint density at radius 2 is 2.11 bits per heavy atom. The van der Waals surface area contributed by atoms with Crippen LogP contribution >= 0.6 is 11.6 Å². The van der Waals surface area contributed by atoms with E-state index in [1.807, 2.05) is 0 Å². The summed E-state index contributed by atoms with van der Waals surface area (Å²) in [5.74, 6) is 0.528. The van der Waals surface area contributed by atoms with Crippen LogP contribution in [0.25, 0.3) is 11.4 Å². The number of halogens is 1. The van der Waals surface area contributed by atoms with E-state index in [1.165, 1.54) is 0 Å². The van der Waals surface area contributed by atoms with Crippen LogP contribution in [-0.4, -0.2) is 21.5 Å². The summed E-state index contributed by atoms with van der Waals surface area (Å²) in [7, 11) is 0. The molecule has 0 saturated carbocycles. The highest BCUT2D eigenvalue weighted by atomic mass is 35.5. The molecule has 0 aromatic carbocycles. The van der Waals surface area contributed by atoms with Gasteiger partial charge in [0, 0.05) is 18.0 Å². The van der Waals surface area contributed by atoms with Crippen LogP contribution in [0.15, 0.2) is 29.3 Å². The maximum atomic E-state index is 11.9. The number of aromatic nitrogens is 3. The lowest BCUT2D eigenvalue weighted by Gasteiger charge is -2.12. The van der Waals surface area contributed by atoms with Crippen molar-refractivity contribution in [2.24, 2.45) is 0 Å². The van der Waals surface area contributed by atoms with E-state index in [0.717, 1.165) is 24.9 Å². The van der Waals surface area contributed by atoms with Crippen molar-refractivity contribution >= 4 is 11.6 Å². The quantitative estimate of drug-likeness (QED) is 0.879. The smallest absolute Gasteiger partial charge is 0.270 e. The summed E-state index contributed by atoms with van der Waals surface area (Å²) in [5.41, 5.74) is 1.16. The molecular formula is C13H13ClN4O. The van der Waals surface area contributed by atoms with Gasteiger partial charge in [-0.25, -0.2) is 4.98 Å². The van der Waals surface area contributed by atoms with E-state index in [9.17, 15) is 4.79 Å². The van der Waals surface area contributed by atoms with E-state index in [2.05, 4.69) is 20.3 Å². The summed E-state index contributed by atoms with van der Waals surface area (Å²) in [4.78, 5) is 23.1. The Labute approximate surface area is 115 Å². The molecule has 2 N–H and O–H groups in total. The number of rotatable bonds is 2. The molecule has 0 radical (unpaired) electrons. The first-order valence-corrected chi connectivity index (χ1v) is 6.57. The van der Waals surface area contributed by atoms with Crippen molar-refractivity contribution in [1.82, 2.24) is 20.3 Å². The fraction of sp³-hybridized carbons (Fsp3) is 0.308. The van der Waals surface area contributed by atoms with Crippen molar-refractivity contribution in [3.8, 4) is 11.4 Å². The number of hydrogen-bond donors (Lipinski definition) is 2. The van der Waals surface area contributed by atoms with Crippen molar-refractivity contribution in [3.05, 3.63) is 45.6 Å². The predicted octanol–water partition coefficient (Wildman–Crippen LogP) is 1.91. The zero-order valence-corrected chi connectivity index (χ0v) is 10.9. The van der Waals surface area contributed by atoms with Gasteiger partial charge < -0.3 is 10.3 Å². The third-order valence-corrected chi connectivity index (χ3v) is 3.60. The molecule has 98 valence electrons. The summed E-state index contributed by atoms with van der Waals surface area (Å²) >= 11 is 6.07. The van der Waals surface area contributed by atoms with Gasteiger partial charge in [-0.3, -0.25) is 9.78 Å². The molecule has 1 aliphatic rings. The Bertz CT molecular complexity index is 635. The van der Waals surface area contributed by atoms with Crippen molar-refractivity contribution in [2.45, 2.75) is 18.9 Å². The minimum absolute atomic E-state index is 0.0652. The molecule has 0 aliphatic carbocycles. The summed E-state index contributed by atoms with van der Waals surface area (Å²) in [6.07, 6.45) is 5.35. The van der Waals surface area contributed by atoms with Gasteiger partial charge in [0.15, 0.2) is 0 Å². The molecule has 2 aromatic rings. The second-order valence-electron chi connectivity index (χ2n) is 4.50. The van der Waals surface area contributed by atoms with E-state index in [1.54, 1.807) is 24.5 Å². The number of H-pyrrole nitrogens is 1. The lowest BCUT2D eigenvalue weighted by atomic mass is 10.1. The zero-order valence-electron chi connectivity index (χ0n) is 10.2. The predicted molar refractivity (Wildman–Crippen MR) is 73.1 cm³/mol. The molecule has 1 saturated heterocycles. The van der Waals surface area contributed by atoms with E-state index < -0.39 is 0 Å². The molecular weight excluding hydrogens is 264 g/mol. The van der Waals surface area contributed by atoms with Gasteiger partial charge in [-0.15, -0.1) is 0 Å². The first-order valence-electron chi connectivity index (χ1n) is 6.19. The maximum absolute atomic E-state index is 11.9. The van der Waals surface area contributed by atoms with Crippen LogP contribution < -0.4 is 10.9 Å². The third-order valence-electron chi connectivity index (χ3n) is 3.23. The Morgan fingerprint density at radius 3 is 2.79 bits per heavy atom. The molecule has 1 atom stereocenters. The second kappa shape index (κ2) is 5.11. The highest BCUT2D eigenvalue weighted by Crippen LogP contribution is 2.26. The average molecular weight is 277 g/mol. The van der Waals surface area contributed by atoms with Gasteiger partial charge in [0.05, 0.1) is 11.7 Å². The van der Waals surface area contributed by atoms with Crippen molar-refractivity contribution in [2.75, 3.05) is 6.54 Å². The van der Waals surface area contributed by atoms with Gasteiger partial charge in [0.1, 0.15) is 10.8 Å². The number of nitrogens with zero attached hydrogens (tertiary/aromatic N) is 2. The molecule has 6 heteroatoms. The maximum Gasteiger partial charge on any atom is 0.270 e. The van der Waals surface area contributed by atoms with Crippen molar-refractivity contribution < 1.29 is 0 Å². The number of nitrogens with one attached hydrogen (secondary N) is 2. The standard InChI is InChI=1S/C13H13ClN4O/c14-10-11(9-2-1-5-16-9)17-12(18-13(10)19)8-3-6-15-7-4-8/h3-4,6-7,9,16H,1-2,5H2,(H,17,18,19). The van der Waals surface area contributed by atoms with Gasteiger partial charge in [-0.05, 0) is 31.5 Å². The van der Waals surface area contributed by atoms with Crippen LogP contribution in [0.4, 0.5) is 0 Å². The topological polar surface area (TPSA) is 70.7 Å². The molecule has 0 spiro atoms. The highest BCUT2D eigenvalue weighted by Gasteiger charge is 2.22. The molecule has 19 heavy (non-hydrogen) atoms. The highest BCUT2D eigenvalue weighted by molar-refractivity contribution is 6.31. The van der Waals surface area contributed by atoms with Crippen LogP contribution in [0, 0.1) is 0 Å². The van der Waals surface area contributed by atoms with Gasteiger partial charge in [-0.1, -0.05) is 11.6 Å². The third kappa shape index (κ3) is 2.39.